The van der Waals surface area contributed by atoms with Crippen molar-refractivity contribution in [1.29, 1.82) is 0 Å². The zero-order valence-electron chi connectivity index (χ0n) is 14.0. The first-order valence-electron chi connectivity index (χ1n) is 8.56. The van der Waals surface area contributed by atoms with Crippen LogP contribution in [-0.4, -0.2) is 6.04 Å². The molecule has 0 heterocycles. The summed E-state index contributed by atoms with van der Waals surface area (Å²) in [6.07, 6.45) is 5.32. The van der Waals surface area contributed by atoms with Gasteiger partial charge in [0, 0.05) is 17.4 Å². The molecule has 22 heavy (non-hydrogen) atoms. The molecule has 0 radical (unpaired) electrons. The second-order valence-corrected chi connectivity index (χ2v) is 6.92. The van der Waals surface area contributed by atoms with Crippen molar-refractivity contribution in [1.82, 2.24) is 0 Å². The molecule has 2 atom stereocenters. The molecule has 2 aromatic carbocycles. The second kappa shape index (κ2) is 6.56. The highest BCUT2D eigenvalue weighted by Gasteiger charge is 2.26. The number of hydrogen-bond acceptors (Lipinski definition) is 1. The molecule has 0 spiro atoms. The van der Waals surface area contributed by atoms with Crippen LogP contribution in [0.2, 0.25) is 0 Å². The Hall–Kier alpha value is -1.76. The highest BCUT2D eigenvalue weighted by Crippen LogP contribution is 2.37. The zero-order valence-corrected chi connectivity index (χ0v) is 14.0. The Morgan fingerprint density at radius 3 is 2.41 bits per heavy atom. The summed E-state index contributed by atoms with van der Waals surface area (Å²) in [5, 5.41) is 0. The Morgan fingerprint density at radius 2 is 1.73 bits per heavy atom. The van der Waals surface area contributed by atoms with Gasteiger partial charge in [0.2, 0.25) is 0 Å². The van der Waals surface area contributed by atoms with Crippen LogP contribution in [-0.2, 0) is 0 Å². The highest BCUT2D eigenvalue weighted by atomic mass is 15.2. The van der Waals surface area contributed by atoms with Crippen molar-refractivity contribution in [3.63, 3.8) is 0 Å². The van der Waals surface area contributed by atoms with Crippen LogP contribution in [0.3, 0.4) is 0 Å². The van der Waals surface area contributed by atoms with Crippen molar-refractivity contribution in [3.05, 3.63) is 59.7 Å². The number of nitrogens with zero attached hydrogens (tertiary/aromatic N) is 1. The van der Waals surface area contributed by atoms with Crippen molar-refractivity contribution in [2.75, 3.05) is 4.90 Å². The lowest BCUT2D eigenvalue weighted by Crippen LogP contribution is -2.35. The molecule has 0 amide bonds. The quantitative estimate of drug-likeness (QED) is 0.668. The number of aryl methyl sites for hydroxylation is 2. The van der Waals surface area contributed by atoms with E-state index in [-0.39, 0.29) is 0 Å². The van der Waals surface area contributed by atoms with Gasteiger partial charge < -0.3 is 4.90 Å². The van der Waals surface area contributed by atoms with E-state index in [2.05, 4.69) is 74.2 Å². The van der Waals surface area contributed by atoms with E-state index in [1.165, 1.54) is 48.2 Å². The van der Waals surface area contributed by atoms with Crippen LogP contribution in [0.25, 0.3) is 0 Å². The molecule has 2 aromatic rings. The molecule has 0 aromatic heterocycles. The molecule has 2 unspecified atom stereocenters. The smallest absolute Gasteiger partial charge is 0.0443 e. The molecule has 1 nitrogen and oxygen atoms in total. The van der Waals surface area contributed by atoms with Crippen molar-refractivity contribution >= 4 is 11.4 Å². The molecule has 0 N–H and O–H groups in total. The van der Waals surface area contributed by atoms with E-state index in [4.69, 9.17) is 0 Å². The largest absolute Gasteiger partial charge is 0.338 e. The minimum atomic E-state index is 0.618. The monoisotopic (exact) mass is 293 g/mol. The van der Waals surface area contributed by atoms with Gasteiger partial charge in [0.05, 0.1) is 0 Å². The fourth-order valence-electron chi connectivity index (χ4n) is 3.85. The van der Waals surface area contributed by atoms with Gasteiger partial charge in [0.1, 0.15) is 0 Å². The summed E-state index contributed by atoms with van der Waals surface area (Å²) < 4.78 is 0. The molecule has 116 valence electrons. The lowest BCUT2D eigenvalue weighted by atomic mass is 9.85. The maximum atomic E-state index is 2.59. The standard InChI is InChI=1S/C21H27N/c1-16-8-7-11-20(15-16)22(19-9-5-4-6-10-19)21-13-12-17(2)14-18(21)3/h4-6,9-10,12-14,16,20H,7-8,11,15H2,1-3H3. The van der Waals surface area contributed by atoms with Crippen LogP contribution in [0, 0.1) is 19.8 Å². The predicted octanol–water partition coefficient (Wildman–Crippen LogP) is 6.02. The molecule has 1 heteroatoms. The van der Waals surface area contributed by atoms with E-state index in [9.17, 15) is 0 Å². The van der Waals surface area contributed by atoms with Gasteiger partial charge in [-0.15, -0.1) is 0 Å². The molecule has 3 rings (SSSR count). The van der Waals surface area contributed by atoms with Crippen LogP contribution >= 0.6 is 0 Å². The van der Waals surface area contributed by atoms with Gasteiger partial charge in [-0.2, -0.15) is 0 Å². The number of benzene rings is 2. The van der Waals surface area contributed by atoms with Gasteiger partial charge in [-0.25, -0.2) is 0 Å². The summed E-state index contributed by atoms with van der Waals surface area (Å²) in [7, 11) is 0. The molecule has 1 aliphatic carbocycles. The Kier molecular flexibility index (Phi) is 4.52. The third kappa shape index (κ3) is 3.19. The number of hydrogen-bond donors (Lipinski definition) is 0. The number of rotatable bonds is 3. The van der Waals surface area contributed by atoms with Crippen LogP contribution in [0.15, 0.2) is 48.5 Å². The average Bonchev–Trinajstić information content (AvgIpc) is 2.51. The lowest BCUT2D eigenvalue weighted by Gasteiger charge is -2.39. The number of para-hydroxylation sites is 1. The first kappa shape index (κ1) is 15.1. The predicted molar refractivity (Wildman–Crippen MR) is 95.9 cm³/mol. The highest BCUT2D eigenvalue weighted by molar-refractivity contribution is 5.67. The topological polar surface area (TPSA) is 3.24 Å². The number of anilines is 2. The third-order valence-electron chi connectivity index (χ3n) is 4.92. The molecular formula is C21H27N. The van der Waals surface area contributed by atoms with E-state index >= 15 is 0 Å². The van der Waals surface area contributed by atoms with E-state index in [1.807, 2.05) is 0 Å². The van der Waals surface area contributed by atoms with Crippen LogP contribution < -0.4 is 4.90 Å². The SMILES string of the molecule is Cc1ccc(N(c2ccccc2)C2CCCC(C)C2)c(C)c1. The summed E-state index contributed by atoms with van der Waals surface area (Å²) in [6.45, 7) is 6.81. The van der Waals surface area contributed by atoms with Gasteiger partial charge >= 0.3 is 0 Å². The zero-order chi connectivity index (χ0) is 15.5. The van der Waals surface area contributed by atoms with Crippen LogP contribution in [0.4, 0.5) is 11.4 Å². The van der Waals surface area contributed by atoms with E-state index < -0.39 is 0 Å². The summed E-state index contributed by atoms with van der Waals surface area (Å²) in [5.74, 6) is 0.829. The average molecular weight is 293 g/mol. The molecule has 0 aliphatic heterocycles. The normalized spacial score (nSPS) is 21.6. The fraction of sp³-hybridized carbons (Fsp3) is 0.429. The van der Waals surface area contributed by atoms with Gasteiger partial charge in [-0.3, -0.25) is 0 Å². The van der Waals surface area contributed by atoms with Crippen molar-refractivity contribution in [2.24, 2.45) is 5.92 Å². The Morgan fingerprint density at radius 1 is 0.955 bits per heavy atom. The molecule has 1 aliphatic rings. The second-order valence-electron chi connectivity index (χ2n) is 6.92. The molecule has 1 fully saturated rings. The molecular weight excluding hydrogens is 266 g/mol. The molecule has 0 saturated heterocycles. The minimum absolute atomic E-state index is 0.618. The van der Waals surface area contributed by atoms with Gasteiger partial charge in [-0.1, -0.05) is 55.7 Å². The Bertz CT molecular complexity index is 617. The van der Waals surface area contributed by atoms with Crippen molar-refractivity contribution < 1.29 is 0 Å². The third-order valence-corrected chi connectivity index (χ3v) is 4.92. The molecule has 1 saturated carbocycles. The van der Waals surface area contributed by atoms with E-state index in [0.717, 1.165) is 5.92 Å². The maximum absolute atomic E-state index is 2.59. The summed E-state index contributed by atoms with van der Waals surface area (Å²) >= 11 is 0. The van der Waals surface area contributed by atoms with Crippen molar-refractivity contribution in [3.8, 4) is 0 Å². The van der Waals surface area contributed by atoms with E-state index in [0.29, 0.717) is 6.04 Å². The summed E-state index contributed by atoms with van der Waals surface area (Å²) in [6, 6.07) is 18.4. The van der Waals surface area contributed by atoms with Crippen molar-refractivity contribution in [2.45, 2.75) is 52.5 Å². The van der Waals surface area contributed by atoms with Crippen LogP contribution in [0.1, 0.15) is 43.7 Å². The lowest BCUT2D eigenvalue weighted by molar-refractivity contribution is 0.341. The maximum Gasteiger partial charge on any atom is 0.0443 e. The van der Waals surface area contributed by atoms with Gasteiger partial charge in [-0.05, 0) is 56.4 Å². The van der Waals surface area contributed by atoms with Gasteiger partial charge in [0.15, 0.2) is 0 Å². The Balaban J connectivity index is 2.02. The van der Waals surface area contributed by atoms with E-state index in [1.54, 1.807) is 0 Å². The van der Waals surface area contributed by atoms with Crippen LogP contribution in [0.5, 0.6) is 0 Å². The summed E-state index contributed by atoms with van der Waals surface area (Å²) in [4.78, 5) is 2.59. The Labute approximate surface area is 135 Å². The first-order valence-corrected chi connectivity index (χ1v) is 8.56. The molecule has 0 bridgehead atoms. The summed E-state index contributed by atoms with van der Waals surface area (Å²) in [5.41, 5.74) is 5.41. The minimum Gasteiger partial charge on any atom is -0.338 e. The fourth-order valence-corrected chi connectivity index (χ4v) is 3.85. The van der Waals surface area contributed by atoms with Gasteiger partial charge in [0.25, 0.3) is 0 Å². The first-order chi connectivity index (χ1) is 10.6.